The van der Waals surface area contributed by atoms with Crippen molar-refractivity contribution >= 4 is 28.2 Å². The van der Waals surface area contributed by atoms with Crippen LogP contribution in [0.1, 0.15) is 54.5 Å². The van der Waals surface area contributed by atoms with Gasteiger partial charge in [-0.1, -0.05) is 37.0 Å². The Labute approximate surface area is 185 Å². The average molecular weight is 421 g/mol. The number of nitrogens with zero attached hydrogens (tertiary/aromatic N) is 2. The van der Waals surface area contributed by atoms with Crippen LogP contribution in [0, 0.1) is 13.8 Å². The Balaban J connectivity index is 1.51. The molecule has 1 saturated carbocycles. The molecule has 4 nitrogen and oxygen atoms in total. The Morgan fingerprint density at radius 1 is 1.20 bits per heavy atom. The number of aromatic amines is 1. The van der Waals surface area contributed by atoms with Gasteiger partial charge in [-0.2, -0.15) is 0 Å². The van der Waals surface area contributed by atoms with Gasteiger partial charge in [-0.25, -0.2) is 0 Å². The van der Waals surface area contributed by atoms with Gasteiger partial charge >= 0.3 is 0 Å². The number of aromatic nitrogens is 2. The van der Waals surface area contributed by atoms with Crippen molar-refractivity contribution in [2.45, 2.75) is 65.0 Å². The van der Waals surface area contributed by atoms with Crippen LogP contribution in [0.4, 0.5) is 0 Å². The third kappa shape index (κ3) is 5.01. The zero-order chi connectivity index (χ0) is 20.9. The van der Waals surface area contributed by atoms with E-state index in [1.54, 1.807) is 0 Å². The van der Waals surface area contributed by atoms with Crippen molar-refractivity contribution in [2.75, 3.05) is 6.54 Å². The maximum absolute atomic E-state index is 5.89. The van der Waals surface area contributed by atoms with Gasteiger partial charge in [-0.15, -0.1) is 0 Å². The van der Waals surface area contributed by atoms with Gasteiger partial charge in [-0.3, -0.25) is 4.98 Å². The van der Waals surface area contributed by atoms with Crippen molar-refractivity contribution in [2.24, 2.45) is 0 Å². The first kappa shape index (κ1) is 20.9. The molecule has 0 saturated heterocycles. The molecule has 0 aliphatic heterocycles. The number of hydrogen-bond donors (Lipinski definition) is 2. The molecule has 4 rings (SSSR count). The molecule has 2 heterocycles. The van der Waals surface area contributed by atoms with Gasteiger partial charge in [0.15, 0.2) is 5.11 Å². The summed E-state index contributed by atoms with van der Waals surface area (Å²) in [6.07, 6.45) is 11.1. The van der Waals surface area contributed by atoms with Crippen molar-refractivity contribution in [1.82, 2.24) is 20.2 Å². The lowest BCUT2D eigenvalue weighted by Gasteiger charge is -2.31. The lowest BCUT2D eigenvalue weighted by Crippen LogP contribution is -2.45. The zero-order valence-electron chi connectivity index (χ0n) is 18.1. The Kier molecular flexibility index (Phi) is 6.68. The molecule has 2 N–H and O–H groups in total. The number of hydrogen-bond acceptors (Lipinski definition) is 2. The maximum atomic E-state index is 5.89. The minimum absolute atomic E-state index is 0.514. The van der Waals surface area contributed by atoms with E-state index < -0.39 is 0 Å². The number of H-pyrrole nitrogens is 1. The van der Waals surface area contributed by atoms with Crippen molar-refractivity contribution in [3.63, 3.8) is 0 Å². The molecule has 0 unspecified atom stereocenters. The van der Waals surface area contributed by atoms with Crippen LogP contribution in [-0.2, 0) is 13.0 Å². The monoisotopic (exact) mass is 420 g/mol. The van der Waals surface area contributed by atoms with Gasteiger partial charge in [0.05, 0.1) is 0 Å². The molecule has 0 spiro atoms. The number of aryl methyl sites for hydroxylation is 2. The van der Waals surface area contributed by atoms with Gasteiger partial charge in [0, 0.05) is 48.1 Å². The van der Waals surface area contributed by atoms with Crippen LogP contribution in [0.3, 0.4) is 0 Å². The molecule has 2 aromatic heterocycles. The first-order chi connectivity index (χ1) is 14.6. The topological polar surface area (TPSA) is 44.0 Å². The fraction of sp³-hybridized carbons (Fsp3) is 0.440. The predicted octanol–water partition coefficient (Wildman–Crippen LogP) is 5.43. The quantitative estimate of drug-likeness (QED) is 0.522. The summed E-state index contributed by atoms with van der Waals surface area (Å²) < 4.78 is 0. The lowest BCUT2D eigenvalue weighted by atomic mass is 9.96. The van der Waals surface area contributed by atoms with Crippen molar-refractivity contribution in [1.29, 1.82) is 0 Å². The first-order valence-corrected chi connectivity index (χ1v) is 11.5. The normalized spacial score (nSPS) is 14.7. The molecular weight excluding hydrogens is 388 g/mol. The van der Waals surface area contributed by atoms with E-state index in [9.17, 15) is 0 Å². The van der Waals surface area contributed by atoms with Crippen LogP contribution < -0.4 is 5.32 Å². The summed E-state index contributed by atoms with van der Waals surface area (Å²) in [4.78, 5) is 10.2. The predicted molar refractivity (Wildman–Crippen MR) is 129 cm³/mol. The van der Waals surface area contributed by atoms with E-state index in [1.165, 1.54) is 65.4 Å². The molecule has 1 aliphatic rings. The molecule has 1 aromatic carbocycles. The molecule has 0 atom stereocenters. The van der Waals surface area contributed by atoms with Crippen LogP contribution in [0.5, 0.6) is 0 Å². The summed E-state index contributed by atoms with van der Waals surface area (Å²) in [5, 5.41) is 5.87. The molecule has 0 amide bonds. The Morgan fingerprint density at radius 3 is 2.80 bits per heavy atom. The molecule has 0 bridgehead atoms. The fourth-order valence-corrected chi connectivity index (χ4v) is 4.86. The van der Waals surface area contributed by atoms with Gasteiger partial charge in [0.2, 0.25) is 0 Å². The van der Waals surface area contributed by atoms with E-state index in [4.69, 9.17) is 12.2 Å². The second-order valence-electron chi connectivity index (χ2n) is 8.59. The van der Waals surface area contributed by atoms with Gasteiger partial charge in [0.25, 0.3) is 0 Å². The molecule has 0 radical (unpaired) electrons. The van der Waals surface area contributed by atoms with E-state index in [1.807, 2.05) is 18.5 Å². The largest absolute Gasteiger partial charge is 0.360 e. The van der Waals surface area contributed by atoms with E-state index in [-0.39, 0.29) is 0 Å². The minimum atomic E-state index is 0.514. The van der Waals surface area contributed by atoms with Gasteiger partial charge in [0.1, 0.15) is 0 Å². The molecule has 3 aromatic rings. The first-order valence-electron chi connectivity index (χ1n) is 11.1. The zero-order valence-corrected chi connectivity index (χ0v) is 18.9. The maximum Gasteiger partial charge on any atom is 0.169 e. The second kappa shape index (κ2) is 9.61. The third-order valence-electron chi connectivity index (χ3n) is 6.22. The summed E-state index contributed by atoms with van der Waals surface area (Å²) in [6, 6.07) is 11.3. The highest BCUT2D eigenvalue weighted by atomic mass is 32.1. The SMILES string of the molecule is Cc1ccc2[nH]c(C)c(CCN(Cc3cccnc3)C(=S)NC3CCCCC3)c2c1. The second-order valence-corrected chi connectivity index (χ2v) is 8.98. The van der Waals surface area contributed by atoms with Crippen LogP contribution >= 0.6 is 12.2 Å². The van der Waals surface area contributed by atoms with E-state index in [0.717, 1.165) is 24.6 Å². The number of thiocarbonyl (C=S) groups is 1. The Morgan fingerprint density at radius 2 is 2.03 bits per heavy atom. The Hall–Kier alpha value is -2.40. The van der Waals surface area contributed by atoms with Crippen molar-refractivity contribution < 1.29 is 0 Å². The highest BCUT2D eigenvalue weighted by Crippen LogP contribution is 2.24. The number of rotatable bonds is 6. The fourth-order valence-electron chi connectivity index (χ4n) is 4.54. The van der Waals surface area contributed by atoms with Crippen LogP contribution in [0.2, 0.25) is 0 Å². The summed E-state index contributed by atoms with van der Waals surface area (Å²) in [6.45, 7) is 6.00. The summed E-state index contributed by atoms with van der Waals surface area (Å²) in [5.74, 6) is 0. The number of fused-ring (bicyclic) bond motifs is 1. The summed E-state index contributed by atoms with van der Waals surface area (Å²) >= 11 is 5.89. The Bertz CT molecular complexity index is 989. The molecular formula is C25H32N4S. The standard InChI is InChI=1S/C25H32N4S/c1-18-10-11-24-23(15-18)22(19(2)27-24)12-14-29(17-20-7-6-13-26-16-20)25(30)28-21-8-4-3-5-9-21/h6-7,10-11,13,15-16,21,27H,3-5,8-9,12,14,17H2,1-2H3,(H,28,30). The van der Waals surface area contributed by atoms with Crippen molar-refractivity contribution in [3.05, 3.63) is 65.1 Å². The third-order valence-corrected chi connectivity index (χ3v) is 6.60. The van der Waals surface area contributed by atoms with E-state index >= 15 is 0 Å². The van der Waals surface area contributed by atoms with Crippen LogP contribution in [0.15, 0.2) is 42.7 Å². The number of nitrogens with one attached hydrogen (secondary N) is 2. The molecule has 1 fully saturated rings. The van der Waals surface area contributed by atoms with Gasteiger partial charge in [-0.05, 0) is 74.7 Å². The summed E-state index contributed by atoms with van der Waals surface area (Å²) in [7, 11) is 0. The molecule has 5 heteroatoms. The average Bonchev–Trinajstić information content (AvgIpc) is 3.07. The molecule has 1 aliphatic carbocycles. The van der Waals surface area contributed by atoms with E-state index in [2.05, 4.69) is 58.3 Å². The minimum Gasteiger partial charge on any atom is -0.360 e. The van der Waals surface area contributed by atoms with Crippen LogP contribution in [0.25, 0.3) is 10.9 Å². The molecule has 30 heavy (non-hydrogen) atoms. The van der Waals surface area contributed by atoms with E-state index in [0.29, 0.717) is 6.04 Å². The van der Waals surface area contributed by atoms with Crippen molar-refractivity contribution in [3.8, 4) is 0 Å². The number of pyridine rings is 1. The molecule has 158 valence electrons. The highest BCUT2D eigenvalue weighted by molar-refractivity contribution is 7.80. The highest BCUT2D eigenvalue weighted by Gasteiger charge is 2.19. The summed E-state index contributed by atoms with van der Waals surface area (Å²) in [5.41, 5.74) is 6.35. The lowest BCUT2D eigenvalue weighted by molar-refractivity contribution is 0.369. The van der Waals surface area contributed by atoms with Crippen LogP contribution in [-0.4, -0.2) is 32.6 Å². The van der Waals surface area contributed by atoms with Gasteiger partial charge < -0.3 is 15.2 Å². The smallest absolute Gasteiger partial charge is 0.169 e. The number of benzene rings is 1.